The lowest BCUT2D eigenvalue weighted by molar-refractivity contribution is 0.0912. The maximum Gasteiger partial charge on any atom is 0.262 e. The minimum Gasteiger partial charge on any atom is -0.287 e. The van der Waals surface area contributed by atoms with Gasteiger partial charge in [-0.2, -0.15) is 0 Å². The van der Waals surface area contributed by atoms with Crippen molar-refractivity contribution >= 4 is 39.5 Å². The second-order valence-corrected chi connectivity index (χ2v) is 9.00. The molecule has 0 atom stereocenters. The first kappa shape index (κ1) is 20.1. The summed E-state index contributed by atoms with van der Waals surface area (Å²) in [5, 5.41) is 2.53. The summed E-state index contributed by atoms with van der Waals surface area (Å²) in [5.74, 6) is 0.711. The fourth-order valence-corrected chi connectivity index (χ4v) is 5.65. The van der Waals surface area contributed by atoms with Crippen LogP contribution < -0.4 is 5.56 Å². The Labute approximate surface area is 185 Å². The molecule has 0 spiro atoms. The van der Waals surface area contributed by atoms with Crippen LogP contribution >= 0.6 is 11.8 Å². The molecular weight excluding hydrogens is 406 g/mol. The maximum atomic E-state index is 13.3. The fraction of sp³-hybridized carbons (Fsp3) is 0.320. The largest absolute Gasteiger partial charge is 0.287 e. The lowest BCUT2D eigenvalue weighted by atomic mass is 9.95. The van der Waals surface area contributed by atoms with Gasteiger partial charge >= 0.3 is 0 Å². The molecule has 0 N–H and O–H groups in total. The molecular formula is C25H25N3O2S. The molecule has 5 nitrogen and oxygen atoms in total. The standard InChI is InChI=1S/C25H25N3O2S/c1-2-27-24(30)19-11-3-6-12-20(19)26-25(27)31-16-15-23(29)28-21-13-7-4-9-17(21)18-10-5-8-14-22(18)28/h3-4,6-7,9,11-13H,2,5,8,10,14-16H2,1H3. The number of benzene rings is 2. The lowest BCUT2D eigenvalue weighted by Crippen LogP contribution is -2.22. The summed E-state index contributed by atoms with van der Waals surface area (Å²) in [6, 6.07) is 15.7. The van der Waals surface area contributed by atoms with E-state index in [1.807, 2.05) is 41.8 Å². The molecule has 2 aromatic carbocycles. The van der Waals surface area contributed by atoms with Gasteiger partial charge in [-0.3, -0.25) is 18.7 Å². The van der Waals surface area contributed by atoms with Crippen LogP contribution in [0.15, 0.2) is 58.5 Å². The van der Waals surface area contributed by atoms with Gasteiger partial charge in [0.2, 0.25) is 5.91 Å². The Hall–Kier alpha value is -2.86. The van der Waals surface area contributed by atoms with Crippen LogP contribution in [0.25, 0.3) is 21.8 Å². The molecule has 0 bridgehead atoms. The predicted octanol–water partition coefficient (Wildman–Crippen LogP) is 5.07. The zero-order valence-electron chi connectivity index (χ0n) is 17.6. The van der Waals surface area contributed by atoms with Crippen LogP contribution in [0.4, 0.5) is 0 Å². The third-order valence-corrected chi connectivity index (χ3v) is 7.10. The summed E-state index contributed by atoms with van der Waals surface area (Å²) in [6.45, 7) is 2.51. The van der Waals surface area contributed by atoms with Gasteiger partial charge in [-0.25, -0.2) is 4.98 Å². The van der Waals surface area contributed by atoms with Gasteiger partial charge < -0.3 is 0 Å². The molecule has 0 radical (unpaired) electrons. The highest BCUT2D eigenvalue weighted by atomic mass is 32.2. The Morgan fingerprint density at radius 1 is 1.03 bits per heavy atom. The third kappa shape index (κ3) is 3.49. The third-order valence-electron chi connectivity index (χ3n) is 6.12. The van der Waals surface area contributed by atoms with Gasteiger partial charge in [-0.1, -0.05) is 42.1 Å². The second-order valence-electron chi connectivity index (χ2n) is 7.94. The molecule has 1 aliphatic carbocycles. The molecule has 0 saturated carbocycles. The van der Waals surface area contributed by atoms with Gasteiger partial charge in [0.15, 0.2) is 5.16 Å². The molecule has 0 fully saturated rings. The summed E-state index contributed by atoms with van der Waals surface area (Å²) in [4.78, 5) is 30.8. The van der Waals surface area contributed by atoms with Crippen molar-refractivity contribution in [3.05, 3.63) is 70.1 Å². The molecule has 1 aliphatic rings. The summed E-state index contributed by atoms with van der Waals surface area (Å²) in [6.07, 6.45) is 4.74. The van der Waals surface area contributed by atoms with E-state index in [0.29, 0.717) is 34.8 Å². The Morgan fingerprint density at radius 3 is 2.61 bits per heavy atom. The van der Waals surface area contributed by atoms with Gasteiger partial charge in [-0.05, 0) is 56.4 Å². The van der Waals surface area contributed by atoms with E-state index in [2.05, 4.69) is 18.2 Å². The van der Waals surface area contributed by atoms with Crippen LogP contribution in [0, 0.1) is 0 Å². The van der Waals surface area contributed by atoms with Crippen LogP contribution in [0.2, 0.25) is 0 Å². The first-order valence-electron chi connectivity index (χ1n) is 11.0. The molecule has 0 aliphatic heterocycles. The number of carbonyl (C=O) groups is 1. The topological polar surface area (TPSA) is 56.9 Å². The van der Waals surface area contributed by atoms with E-state index >= 15 is 0 Å². The number of hydrogen-bond acceptors (Lipinski definition) is 4. The SMILES string of the molecule is CCn1c(SCCC(=O)n2c3c(c4ccccc42)CCCC3)nc2ccccc2c1=O. The normalized spacial score (nSPS) is 13.6. The zero-order chi connectivity index (χ0) is 21.4. The van der Waals surface area contributed by atoms with Crippen molar-refractivity contribution in [1.82, 2.24) is 14.1 Å². The minimum absolute atomic E-state index is 0.0209. The zero-order valence-corrected chi connectivity index (χ0v) is 18.5. The average molecular weight is 432 g/mol. The number of aryl methyl sites for hydroxylation is 1. The molecule has 31 heavy (non-hydrogen) atoms. The van der Waals surface area contributed by atoms with Crippen LogP contribution in [-0.4, -0.2) is 25.8 Å². The van der Waals surface area contributed by atoms with Crippen molar-refractivity contribution in [2.75, 3.05) is 5.75 Å². The maximum absolute atomic E-state index is 13.3. The number of fused-ring (bicyclic) bond motifs is 4. The number of carbonyl (C=O) groups excluding carboxylic acids is 1. The quantitative estimate of drug-likeness (QED) is 0.327. The second kappa shape index (κ2) is 8.35. The fourth-order valence-electron chi connectivity index (χ4n) is 4.66. The summed E-state index contributed by atoms with van der Waals surface area (Å²) >= 11 is 1.49. The van der Waals surface area contributed by atoms with Crippen molar-refractivity contribution in [3.63, 3.8) is 0 Å². The van der Waals surface area contributed by atoms with E-state index in [4.69, 9.17) is 4.98 Å². The van der Waals surface area contributed by atoms with Gasteiger partial charge in [0.05, 0.1) is 16.4 Å². The van der Waals surface area contributed by atoms with E-state index in [1.165, 1.54) is 34.8 Å². The molecule has 2 aromatic heterocycles. The monoisotopic (exact) mass is 431 g/mol. The molecule has 5 rings (SSSR count). The molecule has 6 heteroatoms. The highest BCUT2D eigenvalue weighted by molar-refractivity contribution is 7.99. The number of thioether (sulfide) groups is 1. The number of rotatable bonds is 5. The Morgan fingerprint density at radius 2 is 1.77 bits per heavy atom. The van der Waals surface area contributed by atoms with E-state index in [-0.39, 0.29) is 11.5 Å². The first-order chi connectivity index (χ1) is 15.2. The Bertz CT molecular complexity index is 1350. The molecule has 158 valence electrons. The number of nitrogens with zero attached hydrogens (tertiary/aromatic N) is 3. The molecule has 2 heterocycles. The van der Waals surface area contributed by atoms with Gasteiger partial charge in [0.1, 0.15) is 0 Å². The molecule has 0 unspecified atom stereocenters. The highest BCUT2D eigenvalue weighted by Gasteiger charge is 2.23. The average Bonchev–Trinajstić information content (AvgIpc) is 3.14. The van der Waals surface area contributed by atoms with E-state index in [0.717, 1.165) is 24.8 Å². The van der Waals surface area contributed by atoms with Crippen molar-refractivity contribution in [3.8, 4) is 0 Å². The lowest BCUT2D eigenvalue weighted by Gasteiger charge is -2.15. The van der Waals surface area contributed by atoms with Crippen molar-refractivity contribution < 1.29 is 4.79 Å². The van der Waals surface area contributed by atoms with Crippen LogP contribution in [-0.2, 0) is 19.4 Å². The van der Waals surface area contributed by atoms with Crippen molar-refractivity contribution in [1.29, 1.82) is 0 Å². The number of hydrogen-bond donors (Lipinski definition) is 0. The van der Waals surface area contributed by atoms with E-state index in [9.17, 15) is 9.59 Å². The smallest absolute Gasteiger partial charge is 0.262 e. The predicted molar refractivity (Wildman–Crippen MR) is 126 cm³/mol. The highest BCUT2D eigenvalue weighted by Crippen LogP contribution is 2.32. The van der Waals surface area contributed by atoms with Crippen LogP contribution in [0.5, 0.6) is 0 Å². The van der Waals surface area contributed by atoms with Crippen LogP contribution in [0.1, 0.15) is 42.2 Å². The van der Waals surface area contributed by atoms with Gasteiger partial charge in [0, 0.05) is 29.8 Å². The van der Waals surface area contributed by atoms with Gasteiger partial charge in [0.25, 0.3) is 5.56 Å². The number of para-hydroxylation sites is 2. The summed E-state index contributed by atoms with van der Waals surface area (Å²) in [7, 11) is 0. The molecule has 0 saturated heterocycles. The van der Waals surface area contributed by atoms with E-state index in [1.54, 1.807) is 4.57 Å². The molecule has 0 amide bonds. The summed E-state index contributed by atoms with van der Waals surface area (Å²) < 4.78 is 3.65. The molecule has 4 aromatic rings. The van der Waals surface area contributed by atoms with Crippen LogP contribution in [0.3, 0.4) is 0 Å². The van der Waals surface area contributed by atoms with Crippen molar-refractivity contribution in [2.24, 2.45) is 0 Å². The summed E-state index contributed by atoms with van der Waals surface area (Å²) in [5.41, 5.74) is 4.25. The van der Waals surface area contributed by atoms with E-state index < -0.39 is 0 Å². The van der Waals surface area contributed by atoms with Crippen molar-refractivity contribution in [2.45, 2.75) is 50.7 Å². The Balaban J connectivity index is 1.41. The number of aromatic nitrogens is 3. The minimum atomic E-state index is -0.0209. The first-order valence-corrected chi connectivity index (χ1v) is 11.9. The van der Waals surface area contributed by atoms with Gasteiger partial charge in [-0.15, -0.1) is 0 Å². The Kier molecular flexibility index (Phi) is 5.40.